The van der Waals surface area contributed by atoms with Crippen molar-refractivity contribution in [2.75, 3.05) is 19.7 Å². The highest BCUT2D eigenvalue weighted by Crippen LogP contribution is 2.26. The van der Waals surface area contributed by atoms with Gasteiger partial charge in [0.15, 0.2) is 0 Å². The van der Waals surface area contributed by atoms with Gasteiger partial charge < -0.3 is 5.11 Å². The van der Waals surface area contributed by atoms with Crippen molar-refractivity contribution in [3.8, 4) is 0 Å². The van der Waals surface area contributed by atoms with E-state index in [0.717, 1.165) is 19.0 Å². The van der Waals surface area contributed by atoms with Gasteiger partial charge in [-0.3, -0.25) is 4.90 Å². The molecule has 88 valence electrons. The summed E-state index contributed by atoms with van der Waals surface area (Å²) >= 11 is 0. The Morgan fingerprint density at radius 2 is 1.88 bits per heavy atom. The second-order valence-electron chi connectivity index (χ2n) is 4.83. The van der Waals surface area contributed by atoms with Gasteiger partial charge in [0.2, 0.25) is 0 Å². The summed E-state index contributed by atoms with van der Waals surface area (Å²) in [5, 5.41) is 9.56. The molecule has 1 N–H and O–H groups in total. The van der Waals surface area contributed by atoms with Crippen LogP contribution in [0.25, 0.3) is 0 Å². The predicted octanol–water partition coefficient (Wildman–Crippen LogP) is 2.45. The minimum atomic E-state index is 0.189. The summed E-state index contributed by atoms with van der Waals surface area (Å²) in [5.41, 5.74) is 1.24. The smallest absolute Gasteiger partial charge is 0.0628 e. The molecule has 1 aliphatic rings. The summed E-state index contributed by atoms with van der Waals surface area (Å²) in [4.78, 5) is 2.41. The van der Waals surface area contributed by atoms with Crippen molar-refractivity contribution in [1.82, 2.24) is 4.90 Å². The first kappa shape index (κ1) is 11.6. The maximum atomic E-state index is 9.56. The third-order valence-electron chi connectivity index (χ3n) is 3.62. The Morgan fingerprint density at radius 1 is 1.25 bits per heavy atom. The molecule has 0 spiro atoms. The normalized spacial score (nSPS) is 20.9. The van der Waals surface area contributed by atoms with Gasteiger partial charge >= 0.3 is 0 Å². The summed E-state index contributed by atoms with van der Waals surface area (Å²) in [7, 11) is 0. The number of likely N-dealkylation sites (tertiary alicyclic amines) is 1. The second-order valence-corrected chi connectivity index (χ2v) is 4.83. The monoisotopic (exact) mass is 219 g/mol. The number of benzene rings is 1. The van der Waals surface area contributed by atoms with Crippen molar-refractivity contribution in [1.29, 1.82) is 0 Å². The number of piperidine rings is 1. The molecule has 0 aromatic heterocycles. The molecule has 1 atom stereocenters. The van der Waals surface area contributed by atoms with Crippen molar-refractivity contribution < 1.29 is 5.11 Å². The van der Waals surface area contributed by atoms with Gasteiger partial charge in [-0.15, -0.1) is 0 Å². The second kappa shape index (κ2) is 5.46. The maximum Gasteiger partial charge on any atom is 0.0628 e. The molecule has 2 nitrogen and oxygen atoms in total. The number of hydrogen-bond donors (Lipinski definition) is 1. The summed E-state index contributed by atoms with van der Waals surface area (Å²) < 4.78 is 0. The molecule has 2 rings (SSSR count). The van der Waals surface area contributed by atoms with E-state index in [1.807, 2.05) is 18.2 Å². The van der Waals surface area contributed by atoms with Crippen molar-refractivity contribution in [3.05, 3.63) is 35.9 Å². The van der Waals surface area contributed by atoms with Crippen molar-refractivity contribution in [2.45, 2.75) is 25.8 Å². The molecule has 1 fully saturated rings. The molecule has 0 unspecified atom stereocenters. The third-order valence-corrected chi connectivity index (χ3v) is 3.62. The van der Waals surface area contributed by atoms with E-state index in [1.165, 1.54) is 18.4 Å². The molecule has 1 aliphatic heterocycles. The zero-order valence-electron chi connectivity index (χ0n) is 9.97. The first-order valence-corrected chi connectivity index (χ1v) is 6.21. The van der Waals surface area contributed by atoms with E-state index in [0.29, 0.717) is 0 Å². The van der Waals surface area contributed by atoms with Gasteiger partial charge in [-0.25, -0.2) is 0 Å². The van der Waals surface area contributed by atoms with Crippen LogP contribution in [0.1, 0.15) is 31.4 Å². The Balaban J connectivity index is 2.05. The van der Waals surface area contributed by atoms with Gasteiger partial charge in [-0.05, 0) is 37.4 Å². The minimum absolute atomic E-state index is 0.189. The van der Waals surface area contributed by atoms with E-state index >= 15 is 0 Å². The number of hydrogen-bond acceptors (Lipinski definition) is 2. The first-order chi connectivity index (χ1) is 7.81. The molecule has 2 heteroatoms. The molecular weight excluding hydrogens is 198 g/mol. The molecule has 0 saturated carbocycles. The largest absolute Gasteiger partial charge is 0.394 e. The Kier molecular flexibility index (Phi) is 3.97. The fraction of sp³-hybridized carbons (Fsp3) is 0.571. The molecule has 0 amide bonds. The van der Waals surface area contributed by atoms with Crippen LogP contribution in [0.4, 0.5) is 0 Å². The average molecular weight is 219 g/mol. The third kappa shape index (κ3) is 2.63. The Morgan fingerprint density at radius 3 is 2.44 bits per heavy atom. The maximum absolute atomic E-state index is 9.56. The van der Waals surface area contributed by atoms with Gasteiger partial charge in [-0.1, -0.05) is 37.3 Å². The van der Waals surface area contributed by atoms with Crippen LogP contribution in [0.5, 0.6) is 0 Å². The van der Waals surface area contributed by atoms with Crippen LogP contribution in [-0.2, 0) is 0 Å². The van der Waals surface area contributed by atoms with Gasteiger partial charge in [0.05, 0.1) is 12.6 Å². The van der Waals surface area contributed by atoms with Gasteiger partial charge in [-0.2, -0.15) is 0 Å². The van der Waals surface area contributed by atoms with Crippen molar-refractivity contribution >= 4 is 0 Å². The van der Waals surface area contributed by atoms with Crippen LogP contribution in [0, 0.1) is 5.92 Å². The summed E-state index contributed by atoms with van der Waals surface area (Å²) in [6.07, 6.45) is 2.51. The van der Waals surface area contributed by atoms with E-state index < -0.39 is 0 Å². The minimum Gasteiger partial charge on any atom is -0.394 e. The Labute approximate surface area is 97.9 Å². The number of nitrogens with zero attached hydrogens (tertiary/aromatic N) is 1. The van der Waals surface area contributed by atoms with Crippen LogP contribution < -0.4 is 0 Å². The predicted molar refractivity (Wildman–Crippen MR) is 66.2 cm³/mol. The number of aliphatic hydroxyl groups excluding tert-OH is 1. The molecular formula is C14H21NO. The van der Waals surface area contributed by atoms with Crippen molar-refractivity contribution in [3.63, 3.8) is 0 Å². The fourth-order valence-electron chi connectivity index (χ4n) is 2.45. The highest BCUT2D eigenvalue weighted by molar-refractivity contribution is 5.19. The van der Waals surface area contributed by atoms with Crippen LogP contribution >= 0.6 is 0 Å². The van der Waals surface area contributed by atoms with Crippen LogP contribution in [0.2, 0.25) is 0 Å². The summed E-state index contributed by atoms with van der Waals surface area (Å²) in [6.45, 7) is 4.76. The van der Waals surface area contributed by atoms with E-state index in [4.69, 9.17) is 0 Å². The van der Waals surface area contributed by atoms with E-state index in [1.54, 1.807) is 0 Å². The van der Waals surface area contributed by atoms with Gasteiger partial charge in [0.1, 0.15) is 0 Å². The molecule has 0 radical (unpaired) electrons. The summed E-state index contributed by atoms with van der Waals surface area (Å²) in [5.74, 6) is 0.839. The SMILES string of the molecule is CC1CCN([C@H](CO)c2ccccc2)CC1. The first-order valence-electron chi connectivity index (χ1n) is 6.21. The lowest BCUT2D eigenvalue weighted by Crippen LogP contribution is -2.37. The molecule has 0 bridgehead atoms. The topological polar surface area (TPSA) is 23.5 Å². The highest BCUT2D eigenvalue weighted by Gasteiger charge is 2.23. The van der Waals surface area contributed by atoms with E-state index in [9.17, 15) is 5.11 Å². The lowest BCUT2D eigenvalue weighted by atomic mass is 9.96. The number of aliphatic hydroxyl groups is 1. The summed E-state index contributed by atoms with van der Waals surface area (Å²) in [6, 6.07) is 10.5. The van der Waals surface area contributed by atoms with Crippen LogP contribution in [-0.4, -0.2) is 29.7 Å². The number of rotatable bonds is 3. The molecule has 1 aromatic rings. The standard InChI is InChI=1S/C14H21NO/c1-12-7-9-15(10-8-12)14(11-16)13-5-3-2-4-6-13/h2-6,12,14,16H,7-11H2,1H3/t14-/m1/s1. The zero-order chi connectivity index (χ0) is 11.4. The molecule has 1 aromatic carbocycles. The average Bonchev–Trinajstić information content (AvgIpc) is 2.34. The van der Waals surface area contributed by atoms with Crippen LogP contribution in [0.15, 0.2) is 30.3 Å². The van der Waals surface area contributed by atoms with E-state index in [-0.39, 0.29) is 12.6 Å². The Bertz CT molecular complexity index is 304. The van der Waals surface area contributed by atoms with E-state index in [2.05, 4.69) is 24.0 Å². The van der Waals surface area contributed by atoms with Crippen LogP contribution in [0.3, 0.4) is 0 Å². The molecule has 1 heterocycles. The molecule has 1 saturated heterocycles. The molecule has 0 aliphatic carbocycles. The Hall–Kier alpha value is -0.860. The highest BCUT2D eigenvalue weighted by atomic mass is 16.3. The fourth-order valence-corrected chi connectivity index (χ4v) is 2.45. The lowest BCUT2D eigenvalue weighted by Gasteiger charge is -2.36. The van der Waals surface area contributed by atoms with Gasteiger partial charge in [0, 0.05) is 0 Å². The quantitative estimate of drug-likeness (QED) is 0.844. The van der Waals surface area contributed by atoms with Crippen molar-refractivity contribution in [2.24, 2.45) is 5.92 Å². The van der Waals surface area contributed by atoms with Gasteiger partial charge in [0.25, 0.3) is 0 Å². The molecule has 16 heavy (non-hydrogen) atoms. The lowest BCUT2D eigenvalue weighted by molar-refractivity contribution is 0.0897. The zero-order valence-corrected chi connectivity index (χ0v) is 9.97.